The highest BCUT2D eigenvalue weighted by atomic mass is 16.5. The Kier molecular flexibility index (Phi) is 4.85. The molecule has 2 aromatic rings. The Hall–Kier alpha value is -3.02. The van der Waals surface area contributed by atoms with Gasteiger partial charge in [-0.05, 0) is 30.7 Å². The van der Waals surface area contributed by atoms with E-state index in [4.69, 9.17) is 4.74 Å². The fourth-order valence-corrected chi connectivity index (χ4v) is 2.09. The molecular formula is C17H15NO5. The summed E-state index contributed by atoms with van der Waals surface area (Å²) < 4.78 is 9.35. The molecule has 0 amide bonds. The van der Waals surface area contributed by atoms with E-state index in [-0.39, 0.29) is 22.4 Å². The average molecular weight is 313 g/mol. The van der Waals surface area contributed by atoms with Crippen molar-refractivity contribution in [2.24, 2.45) is 0 Å². The Bertz CT molecular complexity index is 782. The van der Waals surface area contributed by atoms with Crippen molar-refractivity contribution in [1.82, 2.24) is 4.98 Å². The van der Waals surface area contributed by atoms with Gasteiger partial charge in [0.15, 0.2) is 0 Å². The van der Waals surface area contributed by atoms with Gasteiger partial charge in [0.25, 0.3) is 0 Å². The summed E-state index contributed by atoms with van der Waals surface area (Å²) in [4.78, 5) is 40.1. The highest BCUT2D eigenvalue weighted by Crippen LogP contribution is 2.17. The molecule has 0 aliphatic carbocycles. The number of esters is 2. The van der Waals surface area contributed by atoms with Crippen LogP contribution in [0.1, 0.15) is 42.3 Å². The molecule has 0 radical (unpaired) electrons. The zero-order chi connectivity index (χ0) is 17.0. The summed E-state index contributed by atoms with van der Waals surface area (Å²) in [6, 6.07) is 7.64. The minimum absolute atomic E-state index is 0.0287. The molecule has 1 aromatic heterocycles. The number of hydrogen-bond acceptors (Lipinski definition) is 6. The van der Waals surface area contributed by atoms with Gasteiger partial charge in [0, 0.05) is 11.8 Å². The van der Waals surface area contributed by atoms with Crippen LogP contribution in [0.3, 0.4) is 0 Å². The van der Waals surface area contributed by atoms with Gasteiger partial charge < -0.3 is 9.47 Å². The van der Waals surface area contributed by atoms with Crippen molar-refractivity contribution in [3.8, 4) is 0 Å². The van der Waals surface area contributed by atoms with Gasteiger partial charge in [0.05, 0.1) is 25.3 Å². The number of pyridine rings is 1. The number of hydrogen-bond donors (Lipinski definition) is 0. The largest absolute Gasteiger partial charge is 0.465 e. The molecule has 0 unspecified atom stereocenters. The number of carbonyl (C=O) groups excluding carboxylic acids is 3. The molecule has 118 valence electrons. The van der Waals surface area contributed by atoms with E-state index in [2.05, 4.69) is 9.72 Å². The van der Waals surface area contributed by atoms with Gasteiger partial charge in [-0.1, -0.05) is 12.1 Å². The van der Waals surface area contributed by atoms with Gasteiger partial charge in [-0.3, -0.25) is 9.78 Å². The Morgan fingerprint density at radius 3 is 2.26 bits per heavy atom. The van der Waals surface area contributed by atoms with Gasteiger partial charge in [0.2, 0.25) is 5.78 Å². The topological polar surface area (TPSA) is 82.6 Å². The average Bonchev–Trinajstić information content (AvgIpc) is 2.60. The Balaban J connectivity index is 2.50. The van der Waals surface area contributed by atoms with Crippen LogP contribution in [0.25, 0.3) is 0 Å². The number of ketones is 1. The molecule has 1 heterocycles. The van der Waals surface area contributed by atoms with Gasteiger partial charge >= 0.3 is 11.9 Å². The van der Waals surface area contributed by atoms with E-state index in [1.165, 1.54) is 38.6 Å². The first kappa shape index (κ1) is 16.4. The molecule has 0 spiro atoms. The maximum absolute atomic E-state index is 12.6. The van der Waals surface area contributed by atoms with Crippen molar-refractivity contribution in [3.05, 3.63) is 64.5 Å². The number of carbonyl (C=O) groups is 3. The molecule has 0 bridgehead atoms. The molecular weight excluding hydrogens is 298 g/mol. The van der Waals surface area contributed by atoms with Crippen LogP contribution in [0.4, 0.5) is 0 Å². The lowest BCUT2D eigenvalue weighted by atomic mass is 9.99. The van der Waals surface area contributed by atoms with Crippen molar-refractivity contribution in [2.45, 2.75) is 6.92 Å². The number of benzene rings is 1. The second-order valence-electron chi connectivity index (χ2n) is 4.74. The maximum atomic E-state index is 12.6. The highest BCUT2D eigenvalue weighted by molar-refractivity contribution is 6.13. The quantitative estimate of drug-likeness (QED) is 0.635. The molecule has 23 heavy (non-hydrogen) atoms. The van der Waals surface area contributed by atoms with E-state index < -0.39 is 17.7 Å². The minimum Gasteiger partial charge on any atom is -0.465 e. The first-order valence-electron chi connectivity index (χ1n) is 6.76. The predicted molar refractivity (Wildman–Crippen MR) is 81.5 cm³/mol. The van der Waals surface area contributed by atoms with Crippen LogP contribution in [0.15, 0.2) is 36.5 Å². The fraction of sp³-hybridized carbons (Fsp3) is 0.176. The van der Waals surface area contributed by atoms with Crippen LogP contribution in [0.2, 0.25) is 0 Å². The van der Waals surface area contributed by atoms with E-state index in [1.807, 2.05) is 0 Å². The predicted octanol–water partition coefficient (Wildman–Crippen LogP) is 2.19. The van der Waals surface area contributed by atoms with Gasteiger partial charge in [-0.25, -0.2) is 9.59 Å². The number of aryl methyl sites for hydroxylation is 1. The van der Waals surface area contributed by atoms with Crippen LogP contribution in [0, 0.1) is 6.92 Å². The summed E-state index contributed by atoms with van der Waals surface area (Å²) in [7, 11) is 2.50. The third-order valence-corrected chi connectivity index (χ3v) is 3.33. The molecule has 0 fully saturated rings. The molecule has 0 saturated heterocycles. The lowest BCUT2D eigenvalue weighted by Crippen LogP contribution is -2.14. The molecule has 2 rings (SSSR count). The molecule has 0 saturated carbocycles. The Labute approximate surface area is 133 Å². The summed E-state index contributed by atoms with van der Waals surface area (Å²) in [6.45, 7) is 1.74. The summed E-state index contributed by atoms with van der Waals surface area (Å²) in [5, 5.41) is 0. The SMILES string of the molecule is COC(=O)c1cc(C(=O)c2ncccc2C(=O)OC)ccc1C. The highest BCUT2D eigenvalue weighted by Gasteiger charge is 2.21. The minimum atomic E-state index is -0.651. The van der Waals surface area contributed by atoms with Gasteiger partial charge in [0.1, 0.15) is 5.69 Å². The third kappa shape index (κ3) is 3.26. The van der Waals surface area contributed by atoms with E-state index in [1.54, 1.807) is 19.1 Å². The zero-order valence-electron chi connectivity index (χ0n) is 13.0. The summed E-state index contributed by atoms with van der Waals surface area (Å²) in [5.41, 5.74) is 1.25. The second-order valence-corrected chi connectivity index (χ2v) is 4.74. The molecule has 1 aromatic carbocycles. The molecule has 0 aliphatic rings. The number of rotatable bonds is 4. The van der Waals surface area contributed by atoms with Gasteiger partial charge in [-0.2, -0.15) is 0 Å². The first-order chi connectivity index (χ1) is 11.0. The third-order valence-electron chi connectivity index (χ3n) is 3.33. The van der Waals surface area contributed by atoms with Gasteiger partial charge in [-0.15, -0.1) is 0 Å². The van der Waals surface area contributed by atoms with Crippen LogP contribution in [-0.4, -0.2) is 36.9 Å². The molecule has 0 aliphatic heterocycles. The van der Waals surface area contributed by atoms with Crippen molar-refractivity contribution < 1.29 is 23.9 Å². The van der Waals surface area contributed by atoms with E-state index in [0.717, 1.165) is 0 Å². The summed E-state index contributed by atoms with van der Waals surface area (Å²) in [6.07, 6.45) is 1.41. The Morgan fingerprint density at radius 1 is 0.957 bits per heavy atom. The number of aromatic nitrogens is 1. The van der Waals surface area contributed by atoms with Crippen LogP contribution < -0.4 is 0 Å². The molecule has 6 nitrogen and oxygen atoms in total. The van der Waals surface area contributed by atoms with Crippen molar-refractivity contribution in [1.29, 1.82) is 0 Å². The van der Waals surface area contributed by atoms with E-state index in [0.29, 0.717) is 5.56 Å². The lowest BCUT2D eigenvalue weighted by Gasteiger charge is -2.08. The fourth-order valence-electron chi connectivity index (χ4n) is 2.09. The molecule has 0 N–H and O–H groups in total. The summed E-state index contributed by atoms with van der Waals surface area (Å²) >= 11 is 0. The molecule has 6 heteroatoms. The first-order valence-corrected chi connectivity index (χ1v) is 6.76. The number of methoxy groups -OCH3 is 2. The Morgan fingerprint density at radius 2 is 1.61 bits per heavy atom. The van der Waals surface area contributed by atoms with Crippen molar-refractivity contribution in [2.75, 3.05) is 14.2 Å². The number of ether oxygens (including phenoxy) is 2. The smallest absolute Gasteiger partial charge is 0.340 e. The van der Waals surface area contributed by atoms with Crippen LogP contribution in [0.5, 0.6) is 0 Å². The van der Waals surface area contributed by atoms with E-state index >= 15 is 0 Å². The zero-order valence-corrected chi connectivity index (χ0v) is 13.0. The van der Waals surface area contributed by atoms with E-state index in [9.17, 15) is 14.4 Å². The van der Waals surface area contributed by atoms with Crippen LogP contribution in [-0.2, 0) is 9.47 Å². The number of nitrogens with zero attached hydrogens (tertiary/aromatic N) is 1. The normalized spacial score (nSPS) is 10.0. The summed E-state index contributed by atoms with van der Waals surface area (Å²) in [5.74, 6) is -1.66. The standard InChI is InChI=1S/C17H15NO5/c1-10-6-7-11(9-13(10)17(21)23-3)15(19)14-12(16(20)22-2)5-4-8-18-14/h4-9H,1-3H3. The maximum Gasteiger partial charge on any atom is 0.340 e. The van der Waals surface area contributed by atoms with Crippen molar-refractivity contribution >= 4 is 17.7 Å². The lowest BCUT2D eigenvalue weighted by molar-refractivity contribution is 0.0589. The van der Waals surface area contributed by atoms with Crippen LogP contribution >= 0.6 is 0 Å². The van der Waals surface area contributed by atoms with Crippen molar-refractivity contribution in [3.63, 3.8) is 0 Å². The monoisotopic (exact) mass is 313 g/mol. The molecule has 0 atom stereocenters. The second kappa shape index (κ2) is 6.83.